The third-order valence-corrected chi connectivity index (χ3v) is 5.40. The van der Waals surface area contributed by atoms with Crippen molar-refractivity contribution in [2.75, 3.05) is 7.11 Å². The van der Waals surface area contributed by atoms with Crippen LogP contribution in [0.25, 0.3) is 6.08 Å². The molecule has 3 aromatic carbocycles. The molecule has 0 spiro atoms. The topological polar surface area (TPSA) is 57.1 Å². The molecule has 7 heteroatoms. The number of rotatable bonds is 6. The van der Waals surface area contributed by atoms with Gasteiger partial charge in [0.1, 0.15) is 6.61 Å². The Morgan fingerprint density at radius 1 is 1.06 bits per heavy atom. The minimum Gasteiger partial charge on any atom is -0.493 e. The molecular weight excluding hydrogens is 482 g/mol. The average Bonchev–Trinajstić information content (AvgIpc) is 3.14. The Balaban J connectivity index is 1.66. The molecule has 1 aliphatic rings. The van der Waals surface area contributed by atoms with Crippen molar-refractivity contribution in [2.45, 2.75) is 6.61 Å². The van der Waals surface area contributed by atoms with Gasteiger partial charge in [-0.2, -0.15) is 0 Å². The van der Waals surface area contributed by atoms with Crippen molar-refractivity contribution in [3.05, 3.63) is 98.6 Å². The zero-order valence-electron chi connectivity index (χ0n) is 16.5. The van der Waals surface area contributed by atoms with Crippen LogP contribution in [0.1, 0.15) is 16.7 Å². The number of methoxy groups -OCH3 is 1. The van der Waals surface area contributed by atoms with Crippen LogP contribution in [-0.4, -0.2) is 19.0 Å². The molecule has 0 N–H and O–H groups in total. The summed E-state index contributed by atoms with van der Waals surface area (Å²) in [6, 6.07) is 20.3. The number of carbonyl (C=O) groups is 1. The number of ether oxygens (including phenoxy) is 3. The summed E-state index contributed by atoms with van der Waals surface area (Å²) in [5.74, 6) is 0.668. The van der Waals surface area contributed by atoms with Crippen LogP contribution < -0.4 is 9.47 Å². The van der Waals surface area contributed by atoms with Gasteiger partial charge in [0, 0.05) is 10.0 Å². The highest BCUT2D eigenvalue weighted by Crippen LogP contribution is 2.34. The number of hydrogen-bond acceptors (Lipinski definition) is 5. The second kappa shape index (κ2) is 9.37. The lowest BCUT2D eigenvalue weighted by molar-refractivity contribution is -0.129. The highest BCUT2D eigenvalue weighted by atomic mass is 79.9. The largest absolute Gasteiger partial charge is 0.493 e. The molecule has 0 saturated carbocycles. The van der Waals surface area contributed by atoms with Crippen molar-refractivity contribution >= 4 is 45.5 Å². The summed E-state index contributed by atoms with van der Waals surface area (Å²) in [6.07, 6.45) is 1.62. The maximum absolute atomic E-state index is 12.4. The van der Waals surface area contributed by atoms with E-state index in [1.807, 2.05) is 36.4 Å². The third-order valence-electron chi connectivity index (χ3n) is 4.54. The van der Waals surface area contributed by atoms with Gasteiger partial charge in [0.2, 0.25) is 5.90 Å². The lowest BCUT2D eigenvalue weighted by Gasteiger charge is -2.13. The van der Waals surface area contributed by atoms with E-state index in [1.165, 1.54) is 0 Å². The molecule has 5 nitrogen and oxygen atoms in total. The normalized spacial score (nSPS) is 14.4. The van der Waals surface area contributed by atoms with E-state index >= 15 is 0 Å². The van der Waals surface area contributed by atoms with E-state index in [-0.39, 0.29) is 11.6 Å². The molecule has 0 saturated heterocycles. The van der Waals surface area contributed by atoms with Crippen molar-refractivity contribution in [3.63, 3.8) is 0 Å². The van der Waals surface area contributed by atoms with Gasteiger partial charge < -0.3 is 14.2 Å². The van der Waals surface area contributed by atoms with Gasteiger partial charge in [0.15, 0.2) is 17.2 Å². The molecule has 0 atom stereocenters. The van der Waals surface area contributed by atoms with Gasteiger partial charge >= 0.3 is 5.97 Å². The fourth-order valence-electron chi connectivity index (χ4n) is 3.00. The summed E-state index contributed by atoms with van der Waals surface area (Å²) < 4.78 is 17.8. The molecule has 4 rings (SSSR count). The maximum atomic E-state index is 12.4. The predicted octanol–water partition coefficient (Wildman–Crippen LogP) is 6.03. The van der Waals surface area contributed by atoms with Gasteiger partial charge in [-0.3, -0.25) is 0 Å². The number of aliphatic imine (C=N–C) groups is 1. The lowest BCUT2D eigenvalue weighted by atomic mass is 10.1. The van der Waals surface area contributed by atoms with Crippen LogP contribution >= 0.6 is 27.5 Å². The summed E-state index contributed by atoms with van der Waals surface area (Å²) in [5, 5.41) is 0.454. The van der Waals surface area contributed by atoms with Crippen LogP contribution in [0, 0.1) is 0 Å². The number of halogens is 2. The molecule has 31 heavy (non-hydrogen) atoms. The number of nitrogens with zero attached hydrogens (tertiary/aromatic N) is 1. The first-order valence-corrected chi connectivity index (χ1v) is 10.5. The van der Waals surface area contributed by atoms with Crippen LogP contribution in [0.5, 0.6) is 11.5 Å². The molecule has 3 aromatic rings. The number of carbonyl (C=O) groups excluding carboxylic acids is 1. The Morgan fingerprint density at radius 3 is 2.58 bits per heavy atom. The van der Waals surface area contributed by atoms with E-state index in [0.717, 1.165) is 10.0 Å². The summed E-state index contributed by atoms with van der Waals surface area (Å²) in [6.45, 7) is 0.336. The smallest absolute Gasteiger partial charge is 0.363 e. The Hall–Kier alpha value is -3.09. The minimum absolute atomic E-state index is 0.150. The number of hydrogen-bond donors (Lipinski definition) is 0. The number of cyclic esters (lactones) is 1. The Kier molecular flexibility index (Phi) is 6.39. The molecule has 0 aliphatic carbocycles. The Morgan fingerprint density at radius 2 is 1.84 bits per heavy atom. The SMILES string of the molecule is COc1cccc(/C=C2\N=C(c3ccccc3Cl)OC2=O)c1OCc1ccc(Br)cc1. The van der Waals surface area contributed by atoms with Crippen LogP contribution in [0.2, 0.25) is 5.02 Å². The zero-order valence-corrected chi connectivity index (χ0v) is 18.8. The van der Waals surface area contributed by atoms with E-state index in [1.54, 1.807) is 43.5 Å². The fourth-order valence-corrected chi connectivity index (χ4v) is 3.49. The minimum atomic E-state index is -0.559. The number of para-hydroxylation sites is 1. The average molecular weight is 499 g/mol. The molecule has 0 fully saturated rings. The third kappa shape index (κ3) is 4.81. The van der Waals surface area contributed by atoms with Gasteiger partial charge in [0.25, 0.3) is 0 Å². The standard InChI is InChI=1S/C24H17BrClNO4/c1-29-21-8-4-5-16(22(21)30-14-15-9-11-17(25)12-10-15)13-20-24(28)31-23(27-20)18-6-2-3-7-19(18)26/h2-13H,14H2,1H3/b20-13-. The van der Waals surface area contributed by atoms with Crippen LogP contribution in [0.3, 0.4) is 0 Å². The van der Waals surface area contributed by atoms with Gasteiger partial charge in [-0.05, 0) is 42.0 Å². The quantitative estimate of drug-likeness (QED) is 0.307. The van der Waals surface area contributed by atoms with Crippen molar-refractivity contribution in [1.82, 2.24) is 0 Å². The van der Waals surface area contributed by atoms with Gasteiger partial charge in [-0.1, -0.05) is 63.9 Å². The van der Waals surface area contributed by atoms with E-state index < -0.39 is 5.97 Å². The van der Waals surface area contributed by atoms with Gasteiger partial charge in [-0.25, -0.2) is 9.79 Å². The molecule has 0 amide bonds. The van der Waals surface area contributed by atoms with Crippen molar-refractivity contribution in [2.24, 2.45) is 4.99 Å². The van der Waals surface area contributed by atoms with Crippen LogP contribution in [-0.2, 0) is 16.1 Å². The monoisotopic (exact) mass is 497 g/mol. The molecular formula is C24H17BrClNO4. The molecule has 0 radical (unpaired) electrons. The maximum Gasteiger partial charge on any atom is 0.363 e. The first-order chi connectivity index (χ1) is 15.0. The fraction of sp³-hybridized carbons (Fsp3) is 0.0833. The molecule has 0 bridgehead atoms. The summed E-state index contributed by atoms with van der Waals surface area (Å²) in [7, 11) is 1.57. The molecule has 0 unspecified atom stereocenters. The molecule has 1 heterocycles. The first kappa shape index (κ1) is 21.2. The Bertz CT molecular complexity index is 1190. The molecule has 156 valence electrons. The zero-order chi connectivity index (χ0) is 21.8. The Labute approximate surface area is 193 Å². The van der Waals surface area contributed by atoms with E-state index in [9.17, 15) is 4.79 Å². The molecule has 1 aliphatic heterocycles. The van der Waals surface area contributed by atoms with Crippen LogP contribution in [0.4, 0.5) is 0 Å². The summed E-state index contributed by atoms with van der Waals surface area (Å²) >= 11 is 9.63. The molecule has 0 aromatic heterocycles. The van der Waals surface area contributed by atoms with Gasteiger partial charge in [-0.15, -0.1) is 0 Å². The first-order valence-electron chi connectivity index (χ1n) is 9.37. The summed E-state index contributed by atoms with van der Waals surface area (Å²) in [4.78, 5) is 16.8. The van der Waals surface area contributed by atoms with Crippen LogP contribution in [0.15, 0.2) is 81.9 Å². The van der Waals surface area contributed by atoms with Crippen molar-refractivity contribution in [1.29, 1.82) is 0 Å². The lowest BCUT2D eigenvalue weighted by Crippen LogP contribution is -2.05. The second-order valence-electron chi connectivity index (χ2n) is 6.61. The van der Waals surface area contributed by atoms with E-state index in [4.69, 9.17) is 25.8 Å². The highest BCUT2D eigenvalue weighted by Gasteiger charge is 2.26. The predicted molar refractivity (Wildman–Crippen MR) is 124 cm³/mol. The van der Waals surface area contributed by atoms with Crippen molar-refractivity contribution < 1.29 is 19.0 Å². The van der Waals surface area contributed by atoms with Gasteiger partial charge in [0.05, 0.1) is 17.7 Å². The van der Waals surface area contributed by atoms with Crippen molar-refractivity contribution in [3.8, 4) is 11.5 Å². The van der Waals surface area contributed by atoms with E-state index in [2.05, 4.69) is 20.9 Å². The second-order valence-corrected chi connectivity index (χ2v) is 7.93. The summed E-state index contributed by atoms with van der Waals surface area (Å²) in [5.41, 5.74) is 2.34. The number of esters is 1. The highest BCUT2D eigenvalue weighted by molar-refractivity contribution is 9.10. The number of benzene rings is 3. The van der Waals surface area contributed by atoms with E-state index in [0.29, 0.717) is 34.3 Å².